The molecule has 0 saturated heterocycles. The van der Waals surface area contributed by atoms with Gasteiger partial charge >= 0.3 is 0 Å². The summed E-state index contributed by atoms with van der Waals surface area (Å²) in [5.41, 5.74) is 4.19. The van der Waals surface area contributed by atoms with Crippen LogP contribution in [0.1, 0.15) is 22.8 Å². The van der Waals surface area contributed by atoms with Crippen molar-refractivity contribution in [3.63, 3.8) is 0 Å². The van der Waals surface area contributed by atoms with Gasteiger partial charge in [0.1, 0.15) is 11.8 Å². The van der Waals surface area contributed by atoms with Gasteiger partial charge in [-0.05, 0) is 35.4 Å². The Labute approximate surface area is 150 Å². The maximum Gasteiger partial charge on any atom is 0.273 e. The average molecular weight is 358 g/mol. The molecule has 0 fully saturated rings. The van der Waals surface area contributed by atoms with Crippen molar-refractivity contribution in [1.29, 1.82) is 5.26 Å². The average Bonchev–Trinajstić information content (AvgIpc) is 2.63. The number of ether oxygens (including phenoxy) is 2. The zero-order valence-electron chi connectivity index (χ0n) is 13.7. The monoisotopic (exact) mass is 357 g/mol. The van der Waals surface area contributed by atoms with Crippen LogP contribution in [0.5, 0.6) is 5.75 Å². The fraction of sp³-hybridized carbons (Fsp3) is 0.167. The molecule has 0 spiro atoms. The molecule has 0 aromatic heterocycles. The number of hydrazone groups is 1. The minimum Gasteiger partial charge on any atom is -0.495 e. The van der Waals surface area contributed by atoms with Gasteiger partial charge in [-0.1, -0.05) is 29.8 Å². The van der Waals surface area contributed by atoms with E-state index in [1.165, 1.54) is 20.4 Å². The molecule has 1 N–H and O–H groups in total. The van der Waals surface area contributed by atoms with E-state index in [0.29, 0.717) is 27.5 Å². The van der Waals surface area contributed by atoms with Crippen LogP contribution in [0.15, 0.2) is 47.6 Å². The fourth-order valence-corrected chi connectivity index (χ4v) is 2.27. The molecule has 2 aromatic rings. The van der Waals surface area contributed by atoms with Crippen molar-refractivity contribution in [3.05, 3.63) is 64.2 Å². The molecule has 2 rings (SSSR count). The molecule has 0 heterocycles. The lowest BCUT2D eigenvalue weighted by molar-refractivity contribution is -0.131. The molecule has 0 bridgehead atoms. The molecule has 1 unspecified atom stereocenters. The van der Waals surface area contributed by atoms with Crippen LogP contribution < -0.4 is 10.2 Å². The quantitative estimate of drug-likeness (QED) is 0.636. The second-order valence-electron chi connectivity index (χ2n) is 4.97. The number of carbonyl (C=O) groups excluding carboxylic acids is 1. The molecule has 0 aliphatic heterocycles. The van der Waals surface area contributed by atoms with E-state index in [1.54, 1.807) is 42.5 Å². The molecular weight excluding hydrogens is 342 g/mol. The number of nitrogens with one attached hydrogen (secondary N) is 1. The van der Waals surface area contributed by atoms with Gasteiger partial charge in [-0.2, -0.15) is 10.4 Å². The van der Waals surface area contributed by atoms with E-state index in [4.69, 9.17) is 26.3 Å². The maximum atomic E-state index is 12.2. The van der Waals surface area contributed by atoms with Crippen LogP contribution in [0, 0.1) is 11.3 Å². The lowest BCUT2D eigenvalue weighted by Gasteiger charge is -2.13. The number of nitrogens with zero attached hydrogens (tertiary/aromatic N) is 2. The second kappa shape index (κ2) is 8.83. The van der Waals surface area contributed by atoms with Crippen LogP contribution in [0.3, 0.4) is 0 Å². The van der Waals surface area contributed by atoms with Gasteiger partial charge in [0.25, 0.3) is 5.91 Å². The number of hydrogen-bond acceptors (Lipinski definition) is 5. The Kier molecular flexibility index (Phi) is 6.52. The van der Waals surface area contributed by atoms with Crippen molar-refractivity contribution in [1.82, 2.24) is 5.43 Å². The van der Waals surface area contributed by atoms with Crippen LogP contribution in [0.2, 0.25) is 5.02 Å². The minimum atomic E-state index is -0.801. The molecule has 128 valence electrons. The Morgan fingerprint density at radius 3 is 2.60 bits per heavy atom. The van der Waals surface area contributed by atoms with Gasteiger partial charge in [-0.25, -0.2) is 5.43 Å². The van der Waals surface area contributed by atoms with E-state index in [1.807, 2.05) is 6.07 Å². The van der Waals surface area contributed by atoms with E-state index in [0.717, 1.165) is 0 Å². The summed E-state index contributed by atoms with van der Waals surface area (Å²) in [6.07, 6.45) is 0.654. The highest BCUT2D eigenvalue weighted by Gasteiger charge is 2.19. The molecule has 7 heteroatoms. The Hall–Kier alpha value is -2.88. The number of halogens is 1. The molecule has 0 aliphatic rings. The summed E-state index contributed by atoms with van der Waals surface area (Å²) in [7, 11) is 2.92. The summed E-state index contributed by atoms with van der Waals surface area (Å²) < 4.78 is 10.3. The molecule has 1 atom stereocenters. The number of methoxy groups -OCH3 is 2. The van der Waals surface area contributed by atoms with Gasteiger partial charge in [0.2, 0.25) is 0 Å². The first-order chi connectivity index (χ1) is 12.1. The van der Waals surface area contributed by atoms with Gasteiger partial charge in [0.15, 0.2) is 6.10 Å². The Morgan fingerprint density at radius 2 is 2.00 bits per heavy atom. The van der Waals surface area contributed by atoms with Gasteiger partial charge in [-0.3, -0.25) is 4.79 Å². The van der Waals surface area contributed by atoms with Gasteiger partial charge < -0.3 is 9.47 Å². The summed E-state index contributed by atoms with van der Waals surface area (Å²) in [6.45, 7) is 0. The van der Waals surface area contributed by atoms with Crippen molar-refractivity contribution in [2.24, 2.45) is 5.10 Å². The van der Waals surface area contributed by atoms with Crippen LogP contribution in [0.4, 0.5) is 0 Å². The lowest BCUT2D eigenvalue weighted by atomic mass is 10.1. The van der Waals surface area contributed by atoms with E-state index < -0.39 is 12.0 Å². The maximum absolute atomic E-state index is 12.2. The SMILES string of the molecule is COc1cc(C=NNC(=O)C(OC)c2ccc(Cl)cc2)ccc1C#N. The second-order valence-corrected chi connectivity index (χ2v) is 5.41. The van der Waals surface area contributed by atoms with E-state index in [2.05, 4.69) is 10.5 Å². The molecule has 0 aliphatic carbocycles. The predicted octanol–water partition coefficient (Wildman–Crippen LogP) is 3.06. The number of nitriles is 1. The normalized spacial score (nSPS) is 11.8. The standard InChI is InChI=1S/C18H16ClN3O3/c1-24-16-9-12(3-4-14(16)10-20)11-21-22-18(23)17(25-2)13-5-7-15(19)8-6-13/h3-9,11,17H,1-2H3,(H,22,23). The van der Waals surface area contributed by atoms with E-state index in [9.17, 15) is 4.79 Å². The number of carbonyl (C=O) groups is 1. The van der Waals surface area contributed by atoms with Crippen molar-refractivity contribution in [3.8, 4) is 11.8 Å². The third kappa shape index (κ3) is 4.80. The predicted molar refractivity (Wildman–Crippen MR) is 94.6 cm³/mol. The van der Waals surface area contributed by atoms with Crippen molar-refractivity contribution >= 4 is 23.7 Å². The third-order valence-corrected chi connectivity index (χ3v) is 3.63. The number of benzene rings is 2. The largest absolute Gasteiger partial charge is 0.495 e. The van der Waals surface area contributed by atoms with E-state index in [-0.39, 0.29) is 0 Å². The molecule has 2 aromatic carbocycles. The Morgan fingerprint density at radius 1 is 1.28 bits per heavy atom. The first-order valence-corrected chi connectivity index (χ1v) is 7.66. The van der Waals surface area contributed by atoms with Crippen molar-refractivity contribution in [2.45, 2.75) is 6.10 Å². The minimum absolute atomic E-state index is 0.415. The van der Waals surface area contributed by atoms with Crippen LogP contribution in [-0.2, 0) is 9.53 Å². The summed E-state index contributed by atoms with van der Waals surface area (Å²) in [4.78, 5) is 12.2. The molecule has 0 saturated carbocycles. The molecular formula is C18H16ClN3O3. The van der Waals surface area contributed by atoms with Crippen molar-refractivity contribution < 1.29 is 14.3 Å². The topological polar surface area (TPSA) is 83.7 Å². The zero-order valence-corrected chi connectivity index (χ0v) is 14.4. The first-order valence-electron chi connectivity index (χ1n) is 7.28. The van der Waals surface area contributed by atoms with Gasteiger partial charge in [0.05, 0.1) is 18.9 Å². The number of amides is 1. The number of hydrogen-bond donors (Lipinski definition) is 1. The highest BCUT2D eigenvalue weighted by molar-refractivity contribution is 6.30. The Balaban J connectivity index is 2.06. The molecule has 0 radical (unpaired) electrons. The summed E-state index contributed by atoms with van der Waals surface area (Å²) >= 11 is 5.84. The van der Waals surface area contributed by atoms with Gasteiger partial charge in [-0.15, -0.1) is 0 Å². The summed E-state index contributed by atoms with van der Waals surface area (Å²) in [5, 5.41) is 13.5. The highest BCUT2D eigenvalue weighted by Crippen LogP contribution is 2.20. The Bertz CT molecular complexity index is 813. The van der Waals surface area contributed by atoms with Crippen LogP contribution in [0.25, 0.3) is 0 Å². The lowest BCUT2D eigenvalue weighted by Crippen LogP contribution is -2.26. The van der Waals surface area contributed by atoms with Crippen molar-refractivity contribution in [2.75, 3.05) is 14.2 Å². The molecule has 25 heavy (non-hydrogen) atoms. The highest BCUT2D eigenvalue weighted by atomic mass is 35.5. The third-order valence-electron chi connectivity index (χ3n) is 3.38. The summed E-state index contributed by atoms with van der Waals surface area (Å²) in [5.74, 6) is 0.0235. The number of rotatable bonds is 6. The molecule has 1 amide bonds. The zero-order chi connectivity index (χ0) is 18.2. The summed E-state index contributed by atoms with van der Waals surface area (Å²) in [6, 6.07) is 13.8. The fourth-order valence-electron chi connectivity index (χ4n) is 2.14. The van der Waals surface area contributed by atoms with Crippen LogP contribution in [-0.4, -0.2) is 26.3 Å². The van der Waals surface area contributed by atoms with E-state index >= 15 is 0 Å². The van der Waals surface area contributed by atoms with Gasteiger partial charge in [0, 0.05) is 12.1 Å². The van der Waals surface area contributed by atoms with Crippen LogP contribution >= 0.6 is 11.6 Å². The molecule has 6 nitrogen and oxygen atoms in total. The first kappa shape index (κ1) is 18.5. The smallest absolute Gasteiger partial charge is 0.273 e.